The maximum atomic E-state index is 2.73. The third kappa shape index (κ3) is 2.98. The lowest BCUT2D eigenvalue weighted by Gasteiger charge is -2.42. The summed E-state index contributed by atoms with van der Waals surface area (Å²) >= 11 is 0. The van der Waals surface area contributed by atoms with Gasteiger partial charge in [0.25, 0.3) is 0 Å². The predicted molar refractivity (Wildman–Crippen MR) is 63.6 cm³/mol. The lowest BCUT2D eigenvalue weighted by molar-refractivity contribution is 0.0631. The van der Waals surface area contributed by atoms with Crippen LogP contribution in [0.4, 0.5) is 0 Å². The average molecular weight is 197 g/mol. The average Bonchev–Trinajstić information content (AvgIpc) is 2.18. The topological polar surface area (TPSA) is 3.24 Å². The van der Waals surface area contributed by atoms with Gasteiger partial charge in [-0.3, -0.25) is 4.90 Å². The molecule has 1 fully saturated rings. The van der Waals surface area contributed by atoms with Crippen LogP contribution in [-0.2, 0) is 0 Å². The zero-order valence-electron chi connectivity index (χ0n) is 10.4. The highest BCUT2D eigenvalue weighted by molar-refractivity contribution is 4.83. The van der Waals surface area contributed by atoms with Crippen LogP contribution in [0.5, 0.6) is 0 Å². The summed E-state index contributed by atoms with van der Waals surface area (Å²) < 4.78 is 0. The highest BCUT2D eigenvalue weighted by Crippen LogP contribution is 2.27. The van der Waals surface area contributed by atoms with Crippen LogP contribution in [0.25, 0.3) is 0 Å². The summed E-state index contributed by atoms with van der Waals surface area (Å²) in [5, 5.41) is 0. The second-order valence-corrected chi connectivity index (χ2v) is 5.09. The van der Waals surface area contributed by atoms with Gasteiger partial charge in [-0.1, -0.05) is 26.7 Å². The molecule has 3 atom stereocenters. The molecule has 1 heterocycles. The van der Waals surface area contributed by atoms with E-state index in [1.54, 1.807) is 0 Å². The molecule has 3 unspecified atom stereocenters. The summed E-state index contributed by atoms with van der Waals surface area (Å²) in [5.41, 5.74) is 0. The van der Waals surface area contributed by atoms with Crippen LogP contribution in [0.15, 0.2) is 0 Å². The highest BCUT2D eigenvalue weighted by atomic mass is 15.2. The Morgan fingerprint density at radius 1 is 1.07 bits per heavy atom. The summed E-state index contributed by atoms with van der Waals surface area (Å²) in [6, 6.07) is 1.62. The smallest absolute Gasteiger partial charge is 0.00953 e. The number of nitrogens with zero attached hydrogens (tertiary/aromatic N) is 1. The van der Waals surface area contributed by atoms with E-state index in [9.17, 15) is 0 Å². The Balaban J connectivity index is 2.37. The van der Waals surface area contributed by atoms with E-state index >= 15 is 0 Å². The van der Waals surface area contributed by atoms with Crippen molar-refractivity contribution in [2.45, 2.75) is 71.9 Å². The minimum Gasteiger partial charge on any atom is -0.298 e. The van der Waals surface area contributed by atoms with Crippen LogP contribution in [0.1, 0.15) is 59.8 Å². The summed E-state index contributed by atoms with van der Waals surface area (Å²) in [6.45, 7) is 10.8. The van der Waals surface area contributed by atoms with E-state index in [0.29, 0.717) is 0 Å². The van der Waals surface area contributed by atoms with Crippen LogP contribution in [-0.4, -0.2) is 23.5 Å². The van der Waals surface area contributed by atoms with Crippen LogP contribution in [0.3, 0.4) is 0 Å². The molecule has 0 amide bonds. The Kier molecular flexibility index (Phi) is 4.94. The number of piperidine rings is 1. The molecular weight excluding hydrogens is 170 g/mol. The molecule has 0 bridgehead atoms. The normalized spacial score (nSPS) is 34.7. The molecular formula is C13H27N. The van der Waals surface area contributed by atoms with Gasteiger partial charge in [0.05, 0.1) is 0 Å². The first kappa shape index (κ1) is 12.0. The SMILES string of the molecule is CCCCCN1C(C)CCC(C)C1C. The van der Waals surface area contributed by atoms with Crippen molar-refractivity contribution in [2.24, 2.45) is 5.92 Å². The largest absolute Gasteiger partial charge is 0.298 e. The predicted octanol–water partition coefficient (Wildman–Crippen LogP) is 3.69. The van der Waals surface area contributed by atoms with Gasteiger partial charge in [-0.05, 0) is 45.6 Å². The molecule has 14 heavy (non-hydrogen) atoms. The van der Waals surface area contributed by atoms with Crippen molar-refractivity contribution in [1.82, 2.24) is 4.90 Å². The molecule has 84 valence electrons. The lowest BCUT2D eigenvalue weighted by Crippen LogP contribution is -2.47. The van der Waals surface area contributed by atoms with Gasteiger partial charge in [0.15, 0.2) is 0 Å². The van der Waals surface area contributed by atoms with Gasteiger partial charge >= 0.3 is 0 Å². The standard InChI is InChI=1S/C13H27N/c1-5-6-7-10-14-12(3)9-8-11(2)13(14)4/h11-13H,5-10H2,1-4H3. The zero-order chi connectivity index (χ0) is 10.6. The van der Waals surface area contributed by atoms with Crippen molar-refractivity contribution in [3.05, 3.63) is 0 Å². The van der Waals surface area contributed by atoms with Crippen molar-refractivity contribution < 1.29 is 0 Å². The number of hydrogen-bond acceptors (Lipinski definition) is 1. The van der Waals surface area contributed by atoms with Gasteiger partial charge < -0.3 is 0 Å². The molecule has 0 aliphatic carbocycles. The van der Waals surface area contributed by atoms with E-state index in [-0.39, 0.29) is 0 Å². The van der Waals surface area contributed by atoms with E-state index in [1.807, 2.05) is 0 Å². The number of unbranched alkanes of at least 4 members (excludes halogenated alkanes) is 2. The molecule has 0 aromatic carbocycles. The van der Waals surface area contributed by atoms with Crippen molar-refractivity contribution in [3.63, 3.8) is 0 Å². The molecule has 1 aliphatic rings. The second-order valence-electron chi connectivity index (χ2n) is 5.09. The molecule has 0 spiro atoms. The minimum atomic E-state index is 0.801. The summed E-state index contributed by atoms with van der Waals surface area (Å²) in [6.07, 6.45) is 6.94. The zero-order valence-corrected chi connectivity index (χ0v) is 10.4. The molecule has 1 nitrogen and oxygen atoms in total. The van der Waals surface area contributed by atoms with Gasteiger partial charge in [-0.15, -0.1) is 0 Å². The fraction of sp³-hybridized carbons (Fsp3) is 1.00. The van der Waals surface area contributed by atoms with Crippen molar-refractivity contribution in [2.75, 3.05) is 6.54 Å². The second kappa shape index (κ2) is 5.75. The van der Waals surface area contributed by atoms with Gasteiger partial charge in [-0.2, -0.15) is 0 Å². The highest BCUT2D eigenvalue weighted by Gasteiger charge is 2.28. The molecule has 0 radical (unpaired) electrons. The maximum Gasteiger partial charge on any atom is 0.00953 e. The van der Waals surface area contributed by atoms with E-state index in [4.69, 9.17) is 0 Å². The molecule has 1 rings (SSSR count). The van der Waals surface area contributed by atoms with Crippen LogP contribution in [0.2, 0.25) is 0 Å². The number of likely N-dealkylation sites (tertiary alicyclic amines) is 1. The van der Waals surface area contributed by atoms with Gasteiger partial charge in [-0.25, -0.2) is 0 Å². The summed E-state index contributed by atoms with van der Waals surface area (Å²) in [4.78, 5) is 2.73. The van der Waals surface area contributed by atoms with Crippen molar-refractivity contribution >= 4 is 0 Å². The molecule has 0 N–H and O–H groups in total. The van der Waals surface area contributed by atoms with E-state index < -0.39 is 0 Å². The third-order valence-electron chi connectivity index (χ3n) is 3.97. The summed E-state index contributed by atoms with van der Waals surface area (Å²) in [5.74, 6) is 0.896. The Bertz CT molecular complexity index is 155. The van der Waals surface area contributed by atoms with Gasteiger partial charge in [0.1, 0.15) is 0 Å². The fourth-order valence-corrected chi connectivity index (χ4v) is 2.61. The Morgan fingerprint density at radius 2 is 1.79 bits per heavy atom. The maximum absolute atomic E-state index is 2.73. The quantitative estimate of drug-likeness (QED) is 0.621. The Hall–Kier alpha value is -0.0400. The van der Waals surface area contributed by atoms with E-state index in [2.05, 4.69) is 32.6 Å². The first-order chi connectivity index (χ1) is 6.66. The molecule has 1 aliphatic heterocycles. The summed E-state index contributed by atoms with van der Waals surface area (Å²) in [7, 11) is 0. The van der Waals surface area contributed by atoms with Crippen molar-refractivity contribution in [3.8, 4) is 0 Å². The molecule has 0 aromatic heterocycles. The van der Waals surface area contributed by atoms with Crippen LogP contribution in [0, 0.1) is 5.92 Å². The van der Waals surface area contributed by atoms with Crippen LogP contribution < -0.4 is 0 Å². The van der Waals surface area contributed by atoms with Crippen molar-refractivity contribution in [1.29, 1.82) is 0 Å². The molecule has 0 saturated carbocycles. The number of rotatable bonds is 4. The fourth-order valence-electron chi connectivity index (χ4n) is 2.61. The first-order valence-electron chi connectivity index (χ1n) is 6.42. The lowest BCUT2D eigenvalue weighted by atomic mass is 9.88. The third-order valence-corrected chi connectivity index (χ3v) is 3.97. The van der Waals surface area contributed by atoms with Gasteiger partial charge in [0.2, 0.25) is 0 Å². The molecule has 1 saturated heterocycles. The Morgan fingerprint density at radius 3 is 2.43 bits per heavy atom. The van der Waals surface area contributed by atoms with E-state index in [0.717, 1.165) is 18.0 Å². The minimum absolute atomic E-state index is 0.801. The monoisotopic (exact) mass is 197 g/mol. The Labute approximate surface area is 89.9 Å². The molecule has 1 heteroatoms. The number of hydrogen-bond donors (Lipinski definition) is 0. The molecule has 0 aromatic rings. The van der Waals surface area contributed by atoms with Gasteiger partial charge in [0, 0.05) is 12.1 Å². The van der Waals surface area contributed by atoms with Crippen LogP contribution >= 0.6 is 0 Å². The first-order valence-corrected chi connectivity index (χ1v) is 6.42. The van der Waals surface area contributed by atoms with E-state index in [1.165, 1.54) is 38.6 Å².